The first-order chi connectivity index (χ1) is 11.1. The van der Waals surface area contributed by atoms with Gasteiger partial charge in [0.2, 0.25) is 0 Å². The van der Waals surface area contributed by atoms with Gasteiger partial charge in [-0.05, 0) is 37.1 Å². The van der Waals surface area contributed by atoms with Crippen molar-refractivity contribution < 1.29 is 14.3 Å². The second kappa shape index (κ2) is 8.08. The summed E-state index contributed by atoms with van der Waals surface area (Å²) in [5.74, 6) is 1.57. The van der Waals surface area contributed by atoms with Crippen LogP contribution in [0.1, 0.15) is 11.1 Å². The van der Waals surface area contributed by atoms with E-state index in [9.17, 15) is 4.79 Å². The van der Waals surface area contributed by atoms with Gasteiger partial charge in [-0.15, -0.1) is 0 Å². The third kappa shape index (κ3) is 4.92. The number of carbonyl (C=O) groups is 1. The second-order valence-electron chi connectivity index (χ2n) is 5.18. The molecule has 0 atom stereocenters. The summed E-state index contributed by atoms with van der Waals surface area (Å²) < 4.78 is 10.9. The fraction of sp³-hybridized carbons (Fsp3) is 0.278. The standard InChI is InChI=1S/C18H22N2O3/c1-13-6-4-7-14(2)17(13)23-11-10-19-18(21)20-15-8-5-9-16(12-15)22-3/h4-9,12H,10-11H2,1-3H3,(H2,19,20,21). The number of nitrogens with one attached hydrogen (secondary N) is 2. The van der Waals surface area contributed by atoms with Crippen molar-refractivity contribution in [2.24, 2.45) is 0 Å². The van der Waals surface area contributed by atoms with Crippen LogP contribution in [0.2, 0.25) is 0 Å². The van der Waals surface area contributed by atoms with E-state index in [4.69, 9.17) is 9.47 Å². The zero-order valence-corrected chi connectivity index (χ0v) is 13.7. The maximum Gasteiger partial charge on any atom is 0.319 e. The lowest BCUT2D eigenvalue weighted by Gasteiger charge is -2.13. The van der Waals surface area contributed by atoms with Crippen molar-refractivity contribution in [1.82, 2.24) is 5.32 Å². The van der Waals surface area contributed by atoms with Crippen molar-refractivity contribution in [2.75, 3.05) is 25.6 Å². The SMILES string of the molecule is COc1cccc(NC(=O)NCCOc2c(C)cccc2C)c1. The zero-order chi connectivity index (χ0) is 16.7. The average Bonchev–Trinajstić information content (AvgIpc) is 2.54. The summed E-state index contributed by atoms with van der Waals surface area (Å²) in [6.07, 6.45) is 0. The molecule has 5 heteroatoms. The maximum absolute atomic E-state index is 11.8. The third-order valence-corrected chi connectivity index (χ3v) is 3.37. The number of hydrogen-bond acceptors (Lipinski definition) is 3. The minimum Gasteiger partial charge on any atom is -0.497 e. The Hall–Kier alpha value is -2.69. The average molecular weight is 314 g/mol. The molecular formula is C18H22N2O3. The molecule has 0 aliphatic heterocycles. The van der Waals surface area contributed by atoms with Crippen molar-refractivity contribution in [3.63, 3.8) is 0 Å². The molecule has 2 aromatic rings. The van der Waals surface area contributed by atoms with Crippen LogP contribution in [0.3, 0.4) is 0 Å². The Morgan fingerprint density at radius 2 is 1.78 bits per heavy atom. The van der Waals surface area contributed by atoms with Crippen LogP contribution in [0.25, 0.3) is 0 Å². The summed E-state index contributed by atoms with van der Waals surface area (Å²) in [6.45, 7) is 4.84. The number of anilines is 1. The lowest BCUT2D eigenvalue weighted by atomic mass is 10.1. The van der Waals surface area contributed by atoms with Gasteiger partial charge in [0.25, 0.3) is 0 Å². The molecule has 0 heterocycles. The predicted molar refractivity (Wildman–Crippen MR) is 91.4 cm³/mol. The number of para-hydroxylation sites is 1. The molecule has 0 spiro atoms. The molecule has 0 radical (unpaired) electrons. The highest BCUT2D eigenvalue weighted by Crippen LogP contribution is 2.22. The number of urea groups is 1. The Kier molecular flexibility index (Phi) is 5.86. The molecule has 0 aromatic heterocycles. The van der Waals surface area contributed by atoms with E-state index in [1.807, 2.05) is 44.2 Å². The molecule has 0 bridgehead atoms. The molecule has 122 valence electrons. The first kappa shape index (κ1) is 16.7. The van der Waals surface area contributed by atoms with Gasteiger partial charge in [-0.25, -0.2) is 4.79 Å². The van der Waals surface area contributed by atoms with E-state index in [1.165, 1.54) is 0 Å². The monoisotopic (exact) mass is 314 g/mol. The molecule has 0 saturated heterocycles. The molecule has 5 nitrogen and oxygen atoms in total. The third-order valence-electron chi connectivity index (χ3n) is 3.37. The predicted octanol–water partition coefficient (Wildman–Crippen LogP) is 3.51. The summed E-state index contributed by atoms with van der Waals surface area (Å²) in [5, 5.41) is 5.51. The largest absolute Gasteiger partial charge is 0.497 e. The number of amides is 2. The Balaban J connectivity index is 1.76. The van der Waals surface area contributed by atoms with Crippen LogP contribution in [0.15, 0.2) is 42.5 Å². The second-order valence-corrected chi connectivity index (χ2v) is 5.18. The van der Waals surface area contributed by atoms with Crippen LogP contribution in [0.4, 0.5) is 10.5 Å². The van der Waals surface area contributed by atoms with Gasteiger partial charge in [0, 0.05) is 11.8 Å². The van der Waals surface area contributed by atoms with Crippen LogP contribution in [-0.2, 0) is 0 Å². The number of rotatable bonds is 6. The van der Waals surface area contributed by atoms with Gasteiger partial charge < -0.3 is 20.1 Å². The fourth-order valence-corrected chi connectivity index (χ4v) is 2.22. The quantitative estimate of drug-likeness (QED) is 0.802. The van der Waals surface area contributed by atoms with E-state index in [2.05, 4.69) is 10.6 Å². The van der Waals surface area contributed by atoms with E-state index in [0.29, 0.717) is 24.6 Å². The van der Waals surface area contributed by atoms with Crippen LogP contribution >= 0.6 is 0 Å². The van der Waals surface area contributed by atoms with Crippen molar-refractivity contribution in [2.45, 2.75) is 13.8 Å². The first-order valence-corrected chi connectivity index (χ1v) is 7.48. The van der Waals surface area contributed by atoms with Crippen molar-refractivity contribution in [3.05, 3.63) is 53.6 Å². The summed E-state index contributed by atoms with van der Waals surface area (Å²) in [7, 11) is 1.59. The first-order valence-electron chi connectivity index (χ1n) is 7.48. The van der Waals surface area contributed by atoms with E-state index in [1.54, 1.807) is 19.2 Å². The lowest BCUT2D eigenvalue weighted by Crippen LogP contribution is -2.32. The molecule has 0 saturated carbocycles. The normalized spacial score (nSPS) is 10.0. The fourth-order valence-electron chi connectivity index (χ4n) is 2.22. The smallest absolute Gasteiger partial charge is 0.319 e. The van der Waals surface area contributed by atoms with Crippen molar-refractivity contribution in [1.29, 1.82) is 0 Å². The highest BCUT2D eigenvalue weighted by molar-refractivity contribution is 5.89. The van der Waals surface area contributed by atoms with Gasteiger partial charge in [0.15, 0.2) is 0 Å². The highest BCUT2D eigenvalue weighted by atomic mass is 16.5. The molecule has 0 unspecified atom stereocenters. The Morgan fingerprint density at radius 3 is 2.48 bits per heavy atom. The summed E-state index contributed by atoms with van der Waals surface area (Å²) in [5.41, 5.74) is 2.86. The van der Waals surface area contributed by atoms with Crippen LogP contribution in [0, 0.1) is 13.8 Å². The van der Waals surface area contributed by atoms with Crippen LogP contribution < -0.4 is 20.1 Å². The summed E-state index contributed by atoms with van der Waals surface area (Å²) in [6, 6.07) is 12.9. The van der Waals surface area contributed by atoms with E-state index in [-0.39, 0.29) is 6.03 Å². The van der Waals surface area contributed by atoms with Gasteiger partial charge in [0.1, 0.15) is 18.1 Å². The Morgan fingerprint density at radius 1 is 1.09 bits per heavy atom. The number of aryl methyl sites for hydroxylation is 2. The lowest BCUT2D eigenvalue weighted by molar-refractivity contribution is 0.247. The van der Waals surface area contributed by atoms with Gasteiger partial charge in [-0.1, -0.05) is 24.3 Å². The van der Waals surface area contributed by atoms with E-state index in [0.717, 1.165) is 16.9 Å². The molecule has 0 aliphatic rings. The number of carbonyl (C=O) groups excluding carboxylic acids is 1. The van der Waals surface area contributed by atoms with E-state index < -0.39 is 0 Å². The maximum atomic E-state index is 11.8. The number of hydrogen-bond donors (Lipinski definition) is 2. The molecule has 23 heavy (non-hydrogen) atoms. The molecule has 2 aromatic carbocycles. The highest BCUT2D eigenvalue weighted by Gasteiger charge is 2.05. The molecule has 0 fully saturated rings. The van der Waals surface area contributed by atoms with Gasteiger partial charge in [-0.3, -0.25) is 0 Å². The number of benzene rings is 2. The summed E-state index contributed by atoms with van der Waals surface area (Å²) >= 11 is 0. The van der Waals surface area contributed by atoms with Crippen LogP contribution in [0.5, 0.6) is 11.5 Å². The Labute approximate surface area is 136 Å². The van der Waals surface area contributed by atoms with Crippen molar-refractivity contribution in [3.8, 4) is 11.5 Å². The molecule has 2 N–H and O–H groups in total. The number of ether oxygens (including phenoxy) is 2. The van der Waals surface area contributed by atoms with Gasteiger partial charge in [0.05, 0.1) is 13.7 Å². The molecule has 2 rings (SSSR count). The zero-order valence-electron chi connectivity index (χ0n) is 13.7. The van der Waals surface area contributed by atoms with Crippen LogP contribution in [-0.4, -0.2) is 26.3 Å². The molecule has 2 amide bonds. The molecular weight excluding hydrogens is 292 g/mol. The van der Waals surface area contributed by atoms with Crippen molar-refractivity contribution >= 4 is 11.7 Å². The van der Waals surface area contributed by atoms with E-state index >= 15 is 0 Å². The number of methoxy groups -OCH3 is 1. The molecule has 0 aliphatic carbocycles. The minimum absolute atomic E-state index is 0.275. The minimum atomic E-state index is -0.275. The Bertz CT molecular complexity index is 651. The summed E-state index contributed by atoms with van der Waals surface area (Å²) in [4.78, 5) is 11.8. The topological polar surface area (TPSA) is 59.6 Å². The van der Waals surface area contributed by atoms with Gasteiger partial charge >= 0.3 is 6.03 Å². The van der Waals surface area contributed by atoms with Gasteiger partial charge in [-0.2, -0.15) is 0 Å².